The summed E-state index contributed by atoms with van der Waals surface area (Å²) in [6.45, 7) is 0.242. The molecule has 4 heteroatoms. The summed E-state index contributed by atoms with van der Waals surface area (Å²) in [5.74, 6) is -0.341. The van der Waals surface area contributed by atoms with Gasteiger partial charge in [-0.1, -0.05) is 18.2 Å². The maximum Gasteiger partial charge on any atom is 0.254 e. The molecule has 3 nitrogen and oxygen atoms in total. The second kappa shape index (κ2) is 7.20. The molecule has 0 unspecified atom stereocenters. The van der Waals surface area contributed by atoms with Gasteiger partial charge >= 0.3 is 0 Å². The number of aryl methyl sites for hydroxylation is 2. The lowest BCUT2D eigenvalue weighted by Crippen LogP contribution is -2.36. The molecule has 0 heterocycles. The van der Waals surface area contributed by atoms with E-state index in [1.165, 1.54) is 36.1 Å². The maximum absolute atomic E-state index is 13.1. The largest absolute Gasteiger partial charge is 0.387 e. The van der Waals surface area contributed by atoms with Crippen LogP contribution in [0.2, 0.25) is 0 Å². The fourth-order valence-corrected chi connectivity index (χ4v) is 3.79. The highest BCUT2D eigenvalue weighted by molar-refractivity contribution is 5.95. The van der Waals surface area contributed by atoms with E-state index in [0.29, 0.717) is 11.1 Å². The van der Waals surface area contributed by atoms with Crippen LogP contribution in [0.4, 0.5) is 4.39 Å². The number of carbonyl (C=O) groups is 1. The summed E-state index contributed by atoms with van der Waals surface area (Å²) in [4.78, 5) is 14.9. The van der Waals surface area contributed by atoms with Crippen molar-refractivity contribution in [1.29, 1.82) is 0 Å². The predicted octanol–water partition coefficient (Wildman–Crippen LogP) is 4.04. The minimum atomic E-state index is -0.808. The highest BCUT2D eigenvalue weighted by Crippen LogP contribution is 2.31. The van der Waals surface area contributed by atoms with E-state index in [9.17, 15) is 14.3 Å². The quantitative estimate of drug-likeness (QED) is 0.881. The second-order valence-electron chi connectivity index (χ2n) is 7.45. The monoisotopic (exact) mass is 353 g/mol. The van der Waals surface area contributed by atoms with Gasteiger partial charge in [0.15, 0.2) is 0 Å². The topological polar surface area (TPSA) is 40.5 Å². The predicted molar refractivity (Wildman–Crippen MR) is 98.5 cm³/mol. The van der Waals surface area contributed by atoms with Crippen LogP contribution in [0.25, 0.3) is 0 Å². The summed E-state index contributed by atoms with van der Waals surface area (Å²) in [6, 6.07) is 12.1. The number of hydrogen-bond acceptors (Lipinski definition) is 2. The lowest BCUT2D eigenvalue weighted by atomic mass is 9.90. The first-order valence-corrected chi connectivity index (χ1v) is 9.48. The van der Waals surface area contributed by atoms with Crippen molar-refractivity contribution >= 4 is 5.91 Å². The van der Waals surface area contributed by atoms with Crippen molar-refractivity contribution in [2.75, 3.05) is 6.54 Å². The van der Waals surface area contributed by atoms with Gasteiger partial charge in [-0.3, -0.25) is 4.79 Å². The number of fused-ring (bicyclic) bond motifs is 1. The first kappa shape index (κ1) is 17.2. The molecule has 26 heavy (non-hydrogen) atoms. The Morgan fingerprint density at radius 3 is 2.46 bits per heavy atom. The molecular weight excluding hydrogens is 329 g/mol. The van der Waals surface area contributed by atoms with Crippen LogP contribution in [0.5, 0.6) is 0 Å². The van der Waals surface area contributed by atoms with E-state index in [1.807, 2.05) is 12.1 Å². The van der Waals surface area contributed by atoms with Gasteiger partial charge in [-0.15, -0.1) is 0 Å². The molecule has 2 aromatic rings. The molecule has 4 rings (SSSR count). The van der Waals surface area contributed by atoms with Crippen LogP contribution in [-0.4, -0.2) is 28.5 Å². The normalized spacial score (nSPS) is 17.5. The fraction of sp³-hybridized carbons (Fsp3) is 0.409. The van der Waals surface area contributed by atoms with Crippen LogP contribution >= 0.6 is 0 Å². The molecule has 0 spiro atoms. The zero-order valence-corrected chi connectivity index (χ0v) is 14.8. The average molecular weight is 353 g/mol. The van der Waals surface area contributed by atoms with Crippen molar-refractivity contribution < 1.29 is 14.3 Å². The smallest absolute Gasteiger partial charge is 0.254 e. The first-order chi connectivity index (χ1) is 12.6. The minimum Gasteiger partial charge on any atom is -0.387 e. The summed E-state index contributed by atoms with van der Waals surface area (Å²) in [7, 11) is 0. The van der Waals surface area contributed by atoms with E-state index in [4.69, 9.17) is 0 Å². The standard InChI is InChI=1S/C22H24FNO2/c23-19-9-7-16(8-10-19)21(25)14-24(20-11-12-20)22(26)18-6-5-15-3-1-2-4-17(15)13-18/h5-10,13,20-21,25H,1-4,11-12,14H2/t21-/m1/s1. The molecule has 0 aliphatic heterocycles. The van der Waals surface area contributed by atoms with Crippen LogP contribution in [0.3, 0.4) is 0 Å². The van der Waals surface area contributed by atoms with Crippen molar-refractivity contribution in [2.45, 2.75) is 50.7 Å². The van der Waals surface area contributed by atoms with Gasteiger partial charge in [0.1, 0.15) is 5.82 Å². The van der Waals surface area contributed by atoms with Gasteiger partial charge in [0, 0.05) is 11.6 Å². The Labute approximate surface area is 153 Å². The molecule has 1 atom stereocenters. The molecular formula is C22H24FNO2. The van der Waals surface area contributed by atoms with Gasteiger partial charge in [0.25, 0.3) is 5.91 Å². The van der Waals surface area contributed by atoms with Crippen LogP contribution in [0.1, 0.15) is 58.8 Å². The van der Waals surface area contributed by atoms with Gasteiger partial charge in [0.05, 0.1) is 12.6 Å². The van der Waals surface area contributed by atoms with Crippen molar-refractivity contribution in [3.05, 3.63) is 70.5 Å². The molecule has 2 aliphatic rings. The third kappa shape index (κ3) is 3.65. The Balaban J connectivity index is 1.52. The van der Waals surface area contributed by atoms with Gasteiger partial charge in [0.2, 0.25) is 0 Å². The Bertz CT molecular complexity index is 798. The number of amides is 1. The van der Waals surface area contributed by atoms with Crippen LogP contribution in [0, 0.1) is 5.82 Å². The molecule has 0 saturated heterocycles. The molecule has 1 saturated carbocycles. The van der Waals surface area contributed by atoms with E-state index in [2.05, 4.69) is 6.07 Å². The average Bonchev–Trinajstić information content (AvgIpc) is 3.50. The molecule has 1 fully saturated rings. The van der Waals surface area contributed by atoms with E-state index < -0.39 is 6.10 Å². The summed E-state index contributed by atoms with van der Waals surface area (Å²) >= 11 is 0. The summed E-state index contributed by atoms with van der Waals surface area (Å²) in [5, 5.41) is 10.5. The zero-order chi connectivity index (χ0) is 18.1. The summed E-state index contributed by atoms with van der Waals surface area (Å²) in [6.07, 6.45) is 5.69. The first-order valence-electron chi connectivity index (χ1n) is 9.48. The highest BCUT2D eigenvalue weighted by atomic mass is 19.1. The second-order valence-corrected chi connectivity index (χ2v) is 7.45. The van der Waals surface area contributed by atoms with E-state index in [1.54, 1.807) is 17.0 Å². The third-order valence-electron chi connectivity index (χ3n) is 5.47. The SMILES string of the molecule is O=C(c1ccc2c(c1)CCCC2)N(C[C@@H](O)c1ccc(F)cc1)C1CC1. The van der Waals surface area contributed by atoms with Crippen molar-refractivity contribution in [2.24, 2.45) is 0 Å². The molecule has 0 bridgehead atoms. The van der Waals surface area contributed by atoms with Crippen LogP contribution in [-0.2, 0) is 12.8 Å². The van der Waals surface area contributed by atoms with Crippen molar-refractivity contribution in [1.82, 2.24) is 4.90 Å². The van der Waals surface area contributed by atoms with Gasteiger partial charge in [-0.2, -0.15) is 0 Å². The molecule has 2 aromatic carbocycles. The molecule has 0 radical (unpaired) electrons. The Morgan fingerprint density at radius 2 is 1.77 bits per heavy atom. The number of nitrogens with zero attached hydrogens (tertiary/aromatic N) is 1. The summed E-state index contributed by atoms with van der Waals surface area (Å²) < 4.78 is 13.1. The third-order valence-corrected chi connectivity index (χ3v) is 5.47. The number of rotatable bonds is 5. The molecule has 1 N–H and O–H groups in total. The number of benzene rings is 2. The van der Waals surface area contributed by atoms with Crippen LogP contribution in [0.15, 0.2) is 42.5 Å². The maximum atomic E-state index is 13.1. The van der Waals surface area contributed by atoms with Crippen LogP contribution < -0.4 is 0 Å². The lowest BCUT2D eigenvalue weighted by Gasteiger charge is -2.26. The van der Waals surface area contributed by atoms with Gasteiger partial charge in [-0.05, 0) is 79.5 Å². The zero-order valence-electron chi connectivity index (χ0n) is 14.8. The Kier molecular flexibility index (Phi) is 4.77. The van der Waals surface area contributed by atoms with Gasteiger partial charge < -0.3 is 10.0 Å². The number of aliphatic hydroxyl groups excluding tert-OH is 1. The number of hydrogen-bond donors (Lipinski definition) is 1. The van der Waals surface area contributed by atoms with Gasteiger partial charge in [-0.25, -0.2) is 4.39 Å². The van der Waals surface area contributed by atoms with E-state index >= 15 is 0 Å². The van der Waals surface area contributed by atoms with Crippen molar-refractivity contribution in [3.8, 4) is 0 Å². The lowest BCUT2D eigenvalue weighted by molar-refractivity contribution is 0.0603. The van der Waals surface area contributed by atoms with Crippen molar-refractivity contribution in [3.63, 3.8) is 0 Å². The molecule has 136 valence electrons. The highest BCUT2D eigenvalue weighted by Gasteiger charge is 2.34. The summed E-state index contributed by atoms with van der Waals surface area (Å²) in [5.41, 5.74) is 3.99. The van der Waals surface area contributed by atoms with E-state index in [0.717, 1.165) is 25.7 Å². The minimum absolute atomic E-state index is 0.0120. The number of aliphatic hydroxyl groups is 1. The molecule has 0 aromatic heterocycles. The molecule has 1 amide bonds. The van der Waals surface area contributed by atoms with E-state index in [-0.39, 0.29) is 24.3 Å². The number of halogens is 1. The Morgan fingerprint density at radius 1 is 1.08 bits per heavy atom. The Hall–Kier alpha value is -2.20. The fourth-order valence-electron chi connectivity index (χ4n) is 3.79. The molecule has 2 aliphatic carbocycles. The number of carbonyl (C=O) groups excluding carboxylic acids is 1.